The second-order valence-corrected chi connectivity index (χ2v) is 13.5. The molecule has 0 heterocycles. The summed E-state index contributed by atoms with van der Waals surface area (Å²) in [6, 6.07) is 10.5. The summed E-state index contributed by atoms with van der Waals surface area (Å²) in [4.78, 5) is 75.7. The molecule has 0 aromatic heterocycles. The molecule has 0 aliphatic carbocycles. The molecule has 6 N–H and O–H groups in total. The van der Waals surface area contributed by atoms with E-state index in [1.165, 1.54) is 12.1 Å². The summed E-state index contributed by atoms with van der Waals surface area (Å²) in [5.41, 5.74) is 0.874. The van der Waals surface area contributed by atoms with Crippen LogP contribution in [0.25, 0.3) is 0 Å². The van der Waals surface area contributed by atoms with E-state index < -0.39 is 92.9 Å². The van der Waals surface area contributed by atoms with E-state index in [0.717, 1.165) is 12.3 Å². The zero-order valence-electron chi connectivity index (χ0n) is 26.2. The first-order chi connectivity index (χ1) is 22.5. The number of alkyl carbamates (subject to hydrolysis) is 1. The SMILES string of the molecule is CC(C)[C@@H](NC(=O)[C@@H](NC(=O)[C@H](CC(=O)O)NC(=O)OCc1ccccc1)c1ccccc1)C(=O)N[C@H](/C=C(\Cl)S(C)(=O)=O)CC(=O)O. The van der Waals surface area contributed by atoms with E-state index in [0.29, 0.717) is 5.56 Å². The molecule has 260 valence electrons. The maximum absolute atomic E-state index is 13.7. The fourth-order valence-corrected chi connectivity index (χ4v) is 4.71. The lowest BCUT2D eigenvalue weighted by Gasteiger charge is -2.27. The summed E-state index contributed by atoms with van der Waals surface area (Å²) in [6.45, 7) is 2.98. The number of ether oxygens (including phenoxy) is 1. The summed E-state index contributed by atoms with van der Waals surface area (Å²) < 4.78 is 27.9. The molecule has 0 saturated carbocycles. The number of carboxylic acid groups (broad SMARTS) is 2. The number of carbonyl (C=O) groups is 6. The Hall–Kier alpha value is -4.96. The summed E-state index contributed by atoms with van der Waals surface area (Å²) in [5.74, 6) is -6.27. The maximum atomic E-state index is 13.7. The summed E-state index contributed by atoms with van der Waals surface area (Å²) in [5, 5.41) is 28.2. The highest BCUT2D eigenvalue weighted by molar-refractivity contribution is 7.96. The average Bonchev–Trinajstić information content (AvgIpc) is 3.00. The van der Waals surface area contributed by atoms with Gasteiger partial charge in [-0.3, -0.25) is 24.0 Å². The Bertz CT molecular complexity index is 1600. The minimum absolute atomic E-state index is 0.161. The molecule has 2 aromatic carbocycles. The number of nitrogens with one attached hydrogen (secondary N) is 4. The number of aliphatic carboxylic acids is 2. The second kappa shape index (κ2) is 18.4. The predicted octanol–water partition coefficient (Wildman–Crippen LogP) is 1.84. The molecule has 2 rings (SSSR count). The van der Waals surface area contributed by atoms with Crippen molar-refractivity contribution in [2.45, 2.75) is 57.5 Å². The largest absolute Gasteiger partial charge is 0.481 e. The van der Waals surface area contributed by atoms with Gasteiger partial charge in [-0.2, -0.15) is 0 Å². The molecule has 2 aromatic rings. The van der Waals surface area contributed by atoms with E-state index in [9.17, 15) is 47.4 Å². The highest BCUT2D eigenvalue weighted by Gasteiger charge is 2.33. The molecule has 0 unspecified atom stereocenters. The number of hydrogen-bond donors (Lipinski definition) is 6. The molecular weight excluding hydrogens is 672 g/mol. The van der Waals surface area contributed by atoms with Crippen molar-refractivity contribution >= 4 is 57.2 Å². The molecule has 0 aliphatic rings. The lowest BCUT2D eigenvalue weighted by Crippen LogP contribution is -2.56. The van der Waals surface area contributed by atoms with Crippen molar-refractivity contribution in [3.8, 4) is 0 Å². The quantitative estimate of drug-likeness (QED) is 0.139. The summed E-state index contributed by atoms with van der Waals surface area (Å²) >= 11 is 5.79. The third-order valence-corrected chi connectivity index (χ3v) is 8.35. The van der Waals surface area contributed by atoms with Gasteiger partial charge in [0.1, 0.15) is 29.1 Å². The van der Waals surface area contributed by atoms with E-state index in [-0.39, 0.29) is 12.2 Å². The molecule has 17 heteroatoms. The van der Waals surface area contributed by atoms with Crippen molar-refractivity contribution in [2.75, 3.05) is 6.26 Å². The topological polar surface area (TPSA) is 234 Å². The summed E-state index contributed by atoms with van der Waals surface area (Å²) in [6.07, 6.45) is -1.02. The van der Waals surface area contributed by atoms with Crippen LogP contribution in [0.15, 0.2) is 71.1 Å². The molecule has 0 bridgehead atoms. The van der Waals surface area contributed by atoms with E-state index in [1.54, 1.807) is 62.4 Å². The van der Waals surface area contributed by atoms with Crippen molar-refractivity contribution < 1.29 is 52.1 Å². The van der Waals surface area contributed by atoms with Gasteiger partial charge in [0.15, 0.2) is 9.84 Å². The van der Waals surface area contributed by atoms with E-state index >= 15 is 0 Å². The fraction of sp³-hybridized carbons (Fsp3) is 0.355. The van der Waals surface area contributed by atoms with Crippen LogP contribution in [0.3, 0.4) is 0 Å². The first-order valence-electron chi connectivity index (χ1n) is 14.4. The lowest BCUT2D eigenvalue weighted by atomic mass is 10.00. The first kappa shape index (κ1) is 39.2. The van der Waals surface area contributed by atoms with E-state index in [4.69, 9.17) is 16.3 Å². The first-order valence-corrected chi connectivity index (χ1v) is 16.7. The number of benzene rings is 2. The van der Waals surface area contributed by atoms with Gasteiger partial charge in [0.05, 0.1) is 18.9 Å². The van der Waals surface area contributed by atoms with Crippen molar-refractivity contribution in [1.29, 1.82) is 0 Å². The minimum Gasteiger partial charge on any atom is -0.481 e. The standard InChI is InChI=1S/C31H37ClN4O11S/c1-18(2)26(29(42)33-21(15-24(37)38)14-23(32)48(3,45)46)35-30(43)27(20-12-8-5-9-13-20)36-28(41)22(16-25(39)40)34-31(44)47-17-19-10-6-4-7-11-19/h4-14,18,21-22,26-27H,15-17H2,1-3H3,(H,33,42)(H,34,44)(H,35,43)(H,36,41)(H,37,38)(H,39,40)/b23-14+/t21-,22+,26-,27+/m1/s1. The fourth-order valence-electron chi connectivity index (χ4n) is 4.15. The smallest absolute Gasteiger partial charge is 0.408 e. The van der Waals surface area contributed by atoms with Crippen LogP contribution in [-0.2, 0) is 45.2 Å². The average molecular weight is 709 g/mol. The zero-order chi connectivity index (χ0) is 36.0. The molecule has 4 amide bonds. The predicted molar refractivity (Wildman–Crippen MR) is 173 cm³/mol. The number of carbonyl (C=O) groups excluding carboxylic acids is 4. The third-order valence-electron chi connectivity index (χ3n) is 6.54. The van der Waals surface area contributed by atoms with Crippen LogP contribution in [0.2, 0.25) is 0 Å². The number of rotatable bonds is 17. The minimum atomic E-state index is -3.92. The Morgan fingerprint density at radius 2 is 1.35 bits per heavy atom. The molecule has 0 radical (unpaired) electrons. The third kappa shape index (κ3) is 13.4. The van der Waals surface area contributed by atoms with Crippen molar-refractivity contribution in [1.82, 2.24) is 21.3 Å². The highest BCUT2D eigenvalue weighted by Crippen LogP contribution is 2.17. The Kier molecular flexibility index (Phi) is 15.0. The lowest BCUT2D eigenvalue weighted by molar-refractivity contribution is -0.140. The van der Waals surface area contributed by atoms with Gasteiger partial charge < -0.3 is 36.2 Å². The van der Waals surface area contributed by atoms with Crippen LogP contribution < -0.4 is 21.3 Å². The van der Waals surface area contributed by atoms with Crippen LogP contribution in [0.1, 0.15) is 43.9 Å². The Morgan fingerprint density at radius 1 is 0.792 bits per heavy atom. The van der Waals surface area contributed by atoms with Crippen LogP contribution in [0.5, 0.6) is 0 Å². The van der Waals surface area contributed by atoms with Gasteiger partial charge in [0.2, 0.25) is 17.7 Å². The number of hydrogen-bond acceptors (Lipinski definition) is 9. The highest BCUT2D eigenvalue weighted by atomic mass is 35.5. The molecule has 0 fully saturated rings. The molecule has 0 aliphatic heterocycles. The molecule has 0 spiro atoms. The van der Waals surface area contributed by atoms with E-state index in [2.05, 4.69) is 21.3 Å². The second-order valence-electron chi connectivity index (χ2n) is 10.9. The molecule has 0 saturated heterocycles. The van der Waals surface area contributed by atoms with Gasteiger partial charge in [0, 0.05) is 6.26 Å². The monoisotopic (exact) mass is 708 g/mol. The van der Waals surface area contributed by atoms with Crippen LogP contribution >= 0.6 is 11.6 Å². The number of halogens is 1. The van der Waals surface area contributed by atoms with Gasteiger partial charge >= 0.3 is 18.0 Å². The zero-order valence-corrected chi connectivity index (χ0v) is 27.8. The molecule has 4 atom stereocenters. The van der Waals surface area contributed by atoms with Crippen LogP contribution in [0, 0.1) is 5.92 Å². The Balaban J connectivity index is 2.29. The number of sulfone groups is 1. The van der Waals surface area contributed by atoms with Gasteiger partial charge in [-0.15, -0.1) is 0 Å². The van der Waals surface area contributed by atoms with Crippen LogP contribution in [0.4, 0.5) is 4.79 Å². The van der Waals surface area contributed by atoms with Crippen LogP contribution in [-0.4, -0.2) is 78.8 Å². The van der Waals surface area contributed by atoms with Crippen molar-refractivity contribution in [2.24, 2.45) is 5.92 Å². The molecule has 15 nitrogen and oxygen atoms in total. The Labute approximate surface area is 282 Å². The van der Waals surface area contributed by atoms with Gasteiger partial charge in [-0.05, 0) is 23.1 Å². The van der Waals surface area contributed by atoms with Gasteiger partial charge in [0.25, 0.3) is 0 Å². The van der Waals surface area contributed by atoms with Gasteiger partial charge in [-0.1, -0.05) is 86.1 Å². The molecular formula is C31H37ClN4O11S. The summed E-state index contributed by atoms with van der Waals surface area (Å²) in [7, 11) is -3.92. The number of carboxylic acids is 2. The Morgan fingerprint density at radius 3 is 1.88 bits per heavy atom. The van der Waals surface area contributed by atoms with Gasteiger partial charge in [-0.25, -0.2) is 13.2 Å². The van der Waals surface area contributed by atoms with Crippen molar-refractivity contribution in [3.63, 3.8) is 0 Å². The maximum Gasteiger partial charge on any atom is 0.408 e. The number of amides is 4. The molecule has 48 heavy (non-hydrogen) atoms. The van der Waals surface area contributed by atoms with E-state index in [1.807, 2.05) is 0 Å². The van der Waals surface area contributed by atoms with Crippen molar-refractivity contribution in [3.05, 3.63) is 82.2 Å². The normalized spacial score (nSPS) is 14.1.